The summed E-state index contributed by atoms with van der Waals surface area (Å²) >= 11 is 0. The highest BCUT2D eigenvalue weighted by Crippen LogP contribution is 1.93. The summed E-state index contributed by atoms with van der Waals surface area (Å²) in [5.41, 5.74) is 0. The van der Waals surface area contributed by atoms with Crippen LogP contribution in [0.1, 0.15) is 20.8 Å². The maximum Gasteiger partial charge on any atom is 0.0779 e. The predicted octanol–water partition coefficient (Wildman–Crippen LogP) is 1.24. The number of rotatable bonds is 7. The summed E-state index contributed by atoms with van der Waals surface area (Å²) in [6.45, 7) is 10.2. The first-order valence-electron chi connectivity index (χ1n) is 5.95. The molecule has 0 aromatic carbocycles. The van der Waals surface area contributed by atoms with Crippen LogP contribution in [-0.2, 0) is 14.2 Å². The molecule has 0 spiro atoms. The summed E-state index contributed by atoms with van der Waals surface area (Å²) in [6.07, 6.45) is 1.77. The van der Waals surface area contributed by atoms with E-state index in [4.69, 9.17) is 19.7 Å². The van der Waals surface area contributed by atoms with E-state index in [1.54, 1.807) is 20.3 Å². The maximum atomic E-state index is 8.55. The normalized spacial score (nSPS) is 12.4. The number of ether oxygens (including phenoxy) is 3. The minimum absolute atomic E-state index is 0.0659. The van der Waals surface area contributed by atoms with Crippen LogP contribution < -0.4 is 0 Å². The van der Waals surface area contributed by atoms with E-state index in [9.17, 15) is 0 Å². The lowest BCUT2D eigenvalue weighted by molar-refractivity contribution is -0.0313. The van der Waals surface area contributed by atoms with E-state index in [-0.39, 0.29) is 25.4 Å². The van der Waals surface area contributed by atoms with Crippen molar-refractivity contribution in [3.8, 4) is 0 Å². The number of allylic oxidation sites excluding steroid dienone is 1. The summed E-state index contributed by atoms with van der Waals surface area (Å²) in [5.74, 6) is 0. The van der Waals surface area contributed by atoms with Crippen LogP contribution in [0.25, 0.3) is 0 Å². The van der Waals surface area contributed by atoms with E-state index in [1.165, 1.54) is 0 Å². The Morgan fingerprint density at radius 2 is 1.67 bits per heavy atom. The minimum atomic E-state index is -0.0856. The molecule has 0 saturated heterocycles. The molecule has 0 aliphatic rings. The Bertz CT molecular complexity index is 129. The van der Waals surface area contributed by atoms with Crippen molar-refractivity contribution in [3.05, 3.63) is 12.7 Å². The van der Waals surface area contributed by atoms with E-state index >= 15 is 0 Å². The van der Waals surface area contributed by atoms with Gasteiger partial charge >= 0.3 is 0 Å². The van der Waals surface area contributed by atoms with Crippen molar-refractivity contribution in [1.82, 2.24) is 0 Å². The minimum Gasteiger partial charge on any atom is -0.394 e. The number of hydrogen-bond donors (Lipinski definition) is 2. The molecule has 0 aromatic heterocycles. The molecular weight excluding hydrogens is 236 g/mol. The third kappa shape index (κ3) is 29.6. The van der Waals surface area contributed by atoms with E-state index in [0.29, 0.717) is 13.2 Å². The summed E-state index contributed by atoms with van der Waals surface area (Å²) in [5, 5.41) is 16.5. The van der Waals surface area contributed by atoms with E-state index in [1.807, 2.05) is 20.8 Å². The summed E-state index contributed by atoms with van der Waals surface area (Å²) in [6, 6.07) is 0. The largest absolute Gasteiger partial charge is 0.394 e. The number of aliphatic hydroxyl groups excluding tert-OH is 2. The molecule has 0 rings (SSSR count). The molecule has 0 radical (unpaired) electrons. The molecule has 0 aliphatic heterocycles. The van der Waals surface area contributed by atoms with Crippen LogP contribution in [0.15, 0.2) is 12.7 Å². The second-order valence-corrected chi connectivity index (χ2v) is 3.50. The van der Waals surface area contributed by atoms with Gasteiger partial charge in [0.2, 0.25) is 0 Å². The second kappa shape index (κ2) is 21.8. The average Bonchev–Trinajstić information content (AvgIpc) is 2.38. The summed E-state index contributed by atoms with van der Waals surface area (Å²) < 4.78 is 14.5. The topological polar surface area (TPSA) is 68.2 Å². The van der Waals surface area contributed by atoms with Crippen LogP contribution >= 0.6 is 0 Å². The molecular formula is C13H30O5. The first-order chi connectivity index (χ1) is 8.53. The molecule has 18 heavy (non-hydrogen) atoms. The summed E-state index contributed by atoms with van der Waals surface area (Å²) in [7, 11) is 3.19. The highest BCUT2D eigenvalue weighted by Gasteiger charge is 2.03. The maximum absolute atomic E-state index is 8.55. The van der Waals surface area contributed by atoms with Crippen LogP contribution in [0.3, 0.4) is 0 Å². The van der Waals surface area contributed by atoms with Crippen molar-refractivity contribution in [1.29, 1.82) is 0 Å². The lowest BCUT2D eigenvalue weighted by Crippen LogP contribution is -2.21. The first kappa shape index (κ1) is 22.7. The Hall–Kier alpha value is -0.460. The molecule has 0 aromatic rings. The molecule has 2 N–H and O–H groups in total. The first-order valence-corrected chi connectivity index (χ1v) is 5.95. The van der Waals surface area contributed by atoms with Crippen LogP contribution in [0, 0.1) is 0 Å². The molecule has 0 saturated carbocycles. The van der Waals surface area contributed by atoms with Crippen molar-refractivity contribution in [2.45, 2.75) is 33.0 Å². The van der Waals surface area contributed by atoms with Gasteiger partial charge in [0.15, 0.2) is 0 Å². The molecule has 5 heteroatoms. The van der Waals surface area contributed by atoms with Crippen molar-refractivity contribution in [2.24, 2.45) is 0 Å². The molecule has 5 nitrogen and oxygen atoms in total. The Morgan fingerprint density at radius 3 is 1.89 bits per heavy atom. The molecule has 0 heterocycles. The van der Waals surface area contributed by atoms with Gasteiger partial charge < -0.3 is 24.4 Å². The van der Waals surface area contributed by atoms with Gasteiger partial charge in [-0.1, -0.05) is 6.08 Å². The van der Waals surface area contributed by atoms with Gasteiger partial charge in [0.05, 0.1) is 38.6 Å². The summed E-state index contributed by atoms with van der Waals surface area (Å²) in [4.78, 5) is 0. The quantitative estimate of drug-likeness (QED) is 0.679. The van der Waals surface area contributed by atoms with Crippen molar-refractivity contribution in [2.75, 3.05) is 40.6 Å². The second-order valence-electron chi connectivity index (χ2n) is 3.50. The van der Waals surface area contributed by atoms with Crippen LogP contribution in [0.5, 0.6) is 0 Å². The molecule has 2 atom stereocenters. The molecule has 0 aliphatic carbocycles. The van der Waals surface area contributed by atoms with Gasteiger partial charge in [0, 0.05) is 14.2 Å². The fraction of sp³-hybridized carbons (Fsp3) is 0.846. The fourth-order valence-electron chi connectivity index (χ4n) is 0.512. The van der Waals surface area contributed by atoms with Crippen molar-refractivity contribution < 1.29 is 24.4 Å². The molecule has 0 amide bonds. The smallest absolute Gasteiger partial charge is 0.0779 e. The van der Waals surface area contributed by atoms with Gasteiger partial charge in [-0.25, -0.2) is 0 Å². The van der Waals surface area contributed by atoms with Gasteiger partial charge in [-0.05, 0) is 20.8 Å². The van der Waals surface area contributed by atoms with Gasteiger partial charge in [-0.2, -0.15) is 0 Å². The standard InChI is InChI=1S/C7H16O3.C3H8O2.C3H6/c1-6(4-8)10-5-7(2)9-3;1-5-3-2-4;1-3-2/h6-8H,4-5H2,1-3H3;4H,2-3H2,1H3;3H,1H2,2H3. The number of methoxy groups -OCH3 is 2. The highest BCUT2D eigenvalue weighted by atomic mass is 16.5. The highest BCUT2D eigenvalue weighted by molar-refractivity contribution is 4.51. The Balaban J connectivity index is -0.000000235. The van der Waals surface area contributed by atoms with Gasteiger partial charge in [-0.3, -0.25) is 0 Å². The average molecular weight is 266 g/mol. The van der Waals surface area contributed by atoms with Gasteiger partial charge in [0.25, 0.3) is 0 Å². The van der Waals surface area contributed by atoms with Crippen molar-refractivity contribution >= 4 is 0 Å². The zero-order valence-electron chi connectivity index (χ0n) is 12.4. The zero-order valence-corrected chi connectivity index (χ0v) is 12.4. The van der Waals surface area contributed by atoms with Crippen LogP contribution in [0.4, 0.5) is 0 Å². The predicted molar refractivity (Wildman–Crippen MR) is 73.8 cm³/mol. The molecule has 0 bridgehead atoms. The van der Waals surface area contributed by atoms with Crippen LogP contribution in [0.2, 0.25) is 0 Å². The van der Waals surface area contributed by atoms with Gasteiger partial charge in [0.1, 0.15) is 0 Å². The fourth-order valence-corrected chi connectivity index (χ4v) is 0.512. The molecule has 0 fully saturated rings. The van der Waals surface area contributed by atoms with E-state index in [2.05, 4.69) is 11.3 Å². The lowest BCUT2D eigenvalue weighted by atomic mass is 10.4. The van der Waals surface area contributed by atoms with Crippen LogP contribution in [-0.4, -0.2) is 63.1 Å². The third-order valence-corrected chi connectivity index (χ3v) is 1.57. The molecule has 112 valence electrons. The Kier molecular flexibility index (Phi) is 27.5. The Morgan fingerprint density at radius 1 is 1.17 bits per heavy atom. The number of aliphatic hydroxyl groups is 2. The molecule has 2 unspecified atom stereocenters. The van der Waals surface area contributed by atoms with Gasteiger partial charge in [-0.15, -0.1) is 6.58 Å². The number of hydrogen-bond acceptors (Lipinski definition) is 5. The SMILES string of the molecule is C=CC.COC(C)COC(C)CO.COCCO. The lowest BCUT2D eigenvalue weighted by Gasteiger charge is -2.13. The van der Waals surface area contributed by atoms with Crippen molar-refractivity contribution in [3.63, 3.8) is 0 Å². The zero-order chi connectivity index (χ0) is 14.8. The van der Waals surface area contributed by atoms with E-state index in [0.717, 1.165) is 0 Å². The Labute approximate surface area is 111 Å². The monoisotopic (exact) mass is 266 g/mol. The van der Waals surface area contributed by atoms with E-state index < -0.39 is 0 Å². The third-order valence-electron chi connectivity index (χ3n) is 1.57.